The van der Waals surface area contributed by atoms with Gasteiger partial charge in [-0.2, -0.15) is 0 Å². The van der Waals surface area contributed by atoms with E-state index in [-0.39, 0.29) is 17.5 Å². The molecule has 3 aromatic heterocycles. The number of ether oxygens (including phenoxy) is 2. The number of fused-ring (bicyclic) bond motifs is 8. The predicted molar refractivity (Wildman–Crippen MR) is 150 cm³/mol. The Hall–Kier alpha value is -5.12. The number of carboxylic acid groups (broad SMARTS) is 1. The lowest BCUT2D eigenvalue weighted by Crippen LogP contribution is -2.40. The Labute approximate surface area is 230 Å². The Morgan fingerprint density at radius 1 is 1.07 bits per heavy atom. The molecule has 0 unspecified atom stereocenters. The van der Waals surface area contributed by atoms with Crippen LogP contribution in [0.2, 0.25) is 0 Å². The number of nitrogens with one attached hydrogen (secondary N) is 1. The van der Waals surface area contributed by atoms with E-state index in [9.17, 15) is 14.7 Å². The molecular formula is C30H27N5O5. The van der Waals surface area contributed by atoms with Gasteiger partial charge in [0, 0.05) is 17.8 Å². The van der Waals surface area contributed by atoms with Crippen molar-refractivity contribution in [3.8, 4) is 22.8 Å². The van der Waals surface area contributed by atoms with Gasteiger partial charge in [-0.3, -0.25) is 10.2 Å². The van der Waals surface area contributed by atoms with Gasteiger partial charge in [0.25, 0.3) is 0 Å². The van der Waals surface area contributed by atoms with E-state index in [1.807, 2.05) is 30.5 Å². The van der Waals surface area contributed by atoms with Crippen LogP contribution >= 0.6 is 0 Å². The molecule has 10 heteroatoms. The summed E-state index contributed by atoms with van der Waals surface area (Å²) in [5, 5.41) is 17.3. The van der Waals surface area contributed by atoms with Crippen molar-refractivity contribution in [3.63, 3.8) is 0 Å². The molecule has 202 valence electrons. The highest BCUT2D eigenvalue weighted by molar-refractivity contribution is 6.03. The SMILES string of the molecule is C=C/C1=C\Cc2ccc3cc(nn3c2)NC(=O)N2CCOc3ccc(cc32)-c2ccc(c(C(=O)O)n2)OCCC1. The van der Waals surface area contributed by atoms with Crippen LogP contribution in [0.3, 0.4) is 0 Å². The first kappa shape index (κ1) is 25.2. The van der Waals surface area contributed by atoms with Crippen molar-refractivity contribution in [2.75, 3.05) is 30.0 Å². The normalized spacial score (nSPS) is 16.8. The summed E-state index contributed by atoms with van der Waals surface area (Å²) in [5.41, 5.74) is 4.44. The van der Waals surface area contributed by atoms with Crippen LogP contribution < -0.4 is 19.7 Å². The molecule has 7 bridgehead atoms. The van der Waals surface area contributed by atoms with Gasteiger partial charge in [-0.05, 0) is 61.2 Å². The topological polar surface area (TPSA) is 118 Å². The van der Waals surface area contributed by atoms with E-state index in [1.54, 1.807) is 39.7 Å². The summed E-state index contributed by atoms with van der Waals surface area (Å²) in [6.07, 6.45) is 7.96. The number of hydrogen-bond acceptors (Lipinski definition) is 6. The van der Waals surface area contributed by atoms with Gasteiger partial charge in [-0.25, -0.2) is 19.1 Å². The minimum absolute atomic E-state index is 0.172. The van der Waals surface area contributed by atoms with Crippen LogP contribution in [-0.4, -0.2) is 51.5 Å². The van der Waals surface area contributed by atoms with Gasteiger partial charge in [0.05, 0.1) is 30.0 Å². The number of carbonyl (C=O) groups excluding carboxylic acids is 1. The molecule has 0 atom stereocenters. The Kier molecular flexibility index (Phi) is 6.65. The van der Waals surface area contributed by atoms with E-state index in [1.165, 1.54) is 0 Å². The number of benzene rings is 1. The molecule has 0 radical (unpaired) electrons. The van der Waals surface area contributed by atoms with E-state index in [4.69, 9.17) is 9.47 Å². The summed E-state index contributed by atoms with van der Waals surface area (Å²) in [6.45, 7) is 4.92. The molecule has 3 aliphatic heterocycles. The average molecular weight is 538 g/mol. The van der Waals surface area contributed by atoms with Crippen LogP contribution in [0, 0.1) is 0 Å². The molecule has 6 heterocycles. The number of hydrogen-bond donors (Lipinski definition) is 2. The van der Waals surface area contributed by atoms with Crippen LogP contribution in [0.15, 0.2) is 79.0 Å². The molecule has 2 amide bonds. The number of aromatic carboxylic acids is 1. The van der Waals surface area contributed by atoms with Crippen LogP contribution in [0.25, 0.3) is 16.8 Å². The monoisotopic (exact) mass is 537 g/mol. The van der Waals surface area contributed by atoms with E-state index >= 15 is 0 Å². The number of allylic oxidation sites excluding steroid dienone is 3. The van der Waals surface area contributed by atoms with Crippen molar-refractivity contribution in [2.24, 2.45) is 0 Å². The van der Waals surface area contributed by atoms with Crippen molar-refractivity contribution >= 4 is 29.0 Å². The molecule has 0 aliphatic carbocycles. The largest absolute Gasteiger partial charge is 0.491 e. The second kappa shape index (κ2) is 10.6. The standard InChI is InChI=1S/C30H27N5O5/c1-2-19-4-3-14-39-26-12-10-23(31-28(26)29(36)37)21-8-11-25-24(16-21)34(13-15-40-25)30(38)32-27-17-22-9-7-20(6-5-19)18-35(22)33-27/h2,5,7-12,16-18H,1,3-4,6,13-15H2,(H,36,37)(H,32,33,38)/b19-5+. The first-order valence-corrected chi connectivity index (χ1v) is 13.0. The van der Waals surface area contributed by atoms with Crippen LogP contribution in [-0.2, 0) is 6.42 Å². The first-order valence-electron chi connectivity index (χ1n) is 13.0. The molecule has 0 spiro atoms. The van der Waals surface area contributed by atoms with Crippen LogP contribution in [0.4, 0.5) is 16.3 Å². The Balaban J connectivity index is 1.41. The second-order valence-electron chi connectivity index (χ2n) is 9.54. The highest BCUT2D eigenvalue weighted by Gasteiger charge is 2.26. The molecule has 4 aromatic rings. The molecule has 0 fully saturated rings. The minimum Gasteiger partial charge on any atom is -0.491 e. The number of amides is 2. The molecule has 40 heavy (non-hydrogen) atoms. The number of carbonyl (C=O) groups is 2. The highest BCUT2D eigenvalue weighted by atomic mass is 16.5. The van der Waals surface area contributed by atoms with Gasteiger partial charge in [0.1, 0.15) is 12.4 Å². The summed E-state index contributed by atoms with van der Waals surface area (Å²) >= 11 is 0. The van der Waals surface area contributed by atoms with Gasteiger partial charge in [-0.15, -0.1) is 5.10 Å². The number of rotatable bonds is 2. The molecule has 1 aromatic carbocycles. The molecule has 10 nitrogen and oxygen atoms in total. The summed E-state index contributed by atoms with van der Waals surface area (Å²) in [6, 6.07) is 14.1. The van der Waals surface area contributed by atoms with Gasteiger partial charge in [-0.1, -0.05) is 30.4 Å². The third kappa shape index (κ3) is 4.98. The van der Waals surface area contributed by atoms with Crippen LogP contribution in [0.5, 0.6) is 11.5 Å². The number of nitrogens with zero attached hydrogens (tertiary/aromatic N) is 4. The number of pyridine rings is 2. The smallest absolute Gasteiger partial charge is 0.358 e. The van der Waals surface area contributed by atoms with Gasteiger partial charge in [0.2, 0.25) is 0 Å². The third-order valence-electron chi connectivity index (χ3n) is 6.91. The fraction of sp³-hybridized carbons (Fsp3) is 0.200. The average Bonchev–Trinajstić information content (AvgIpc) is 3.37. The zero-order valence-electron chi connectivity index (χ0n) is 21.7. The maximum absolute atomic E-state index is 13.4. The minimum atomic E-state index is -1.18. The summed E-state index contributed by atoms with van der Waals surface area (Å²) < 4.78 is 13.4. The first-order chi connectivity index (χ1) is 19.5. The fourth-order valence-electron chi connectivity index (χ4n) is 4.85. The summed E-state index contributed by atoms with van der Waals surface area (Å²) in [4.78, 5) is 31.4. The van der Waals surface area contributed by atoms with E-state index < -0.39 is 5.97 Å². The fourth-order valence-corrected chi connectivity index (χ4v) is 4.85. The number of anilines is 2. The maximum atomic E-state index is 13.4. The molecular weight excluding hydrogens is 510 g/mol. The van der Waals surface area contributed by atoms with Gasteiger partial charge >= 0.3 is 12.0 Å². The van der Waals surface area contributed by atoms with Crippen molar-refractivity contribution in [1.29, 1.82) is 0 Å². The number of urea groups is 1. The highest BCUT2D eigenvalue weighted by Crippen LogP contribution is 2.36. The Bertz CT molecular complexity index is 1670. The summed E-state index contributed by atoms with van der Waals surface area (Å²) in [5.74, 6) is -0.00307. The lowest BCUT2D eigenvalue weighted by molar-refractivity contribution is 0.0685. The molecule has 0 saturated carbocycles. The molecule has 0 saturated heterocycles. The lowest BCUT2D eigenvalue weighted by atomic mass is 10.1. The van der Waals surface area contributed by atoms with Crippen molar-refractivity contribution in [1.82, 2.24) is 14.6 Å². The molecule has 3 aliphatic rings. The van der Waals surface area contributed by atoms with Crippen molar-refractivity contribution in [3.05, 3.63) is 90.3 Å². The second-order valence-corrected chi connectivity index (χ2v) is 9.54. The predicted octanol–water partition coefficient (Wildman–Crippen LogP) is 5.35. The quantitative estimate of drug-likeness (QED) is 0.354. The van der Waals surface area contributed by atoms with Gasteiger partial charge < -0.3 is 14.6 Å². The van der Waals surface area contributed by atoms with Gasteiger partial charge in [0.15, 0.2) is 17.3 Å². The number of carboxylic acids is 1. The molecule has 7 rings (SSSR count). The lowest BCUT2D eigenvalue weighted by Gasteiger charge is -2.29. The zero-order chi connectivity index (χ0) is 27.6. The van der Waals surface area contributed by atoms with E-state index in [0.717, 1.165) is 23.1 Å². The third-order valence-corrected chi connectivity index (χ3v) is 6.91. The molecule has 2 N–H and O–H groups in total. The van der Waals surface area contributed by atoms with Crippen molar-refractivity contribution in [2.45, 2.75) is 19.3 Å². The van der Waals surface area contributed by atoms with Crippen molar-refractivity contribution < 1.29 is 24.2 Å². The Morgan fingerprint density at radius 3 is 2.77 bits per heavy atom. The summed E-state index contributed by atoms with van der Waals surface area (Å²) in [7, 11) is 0. The van der Waals surface area contributed by atoms with E-state index in [0.29, 0.717) is 61.1 Å². The maximum Gasteiger partial charge on any atom is 0.358 e. The van der Waals surface area contributed by atoms with E-state index in [2.05, 4.69) is 28.1 Å². The van der Waals surface area contributed by atoms with Crippen LogP contribution in [0.1, 0.15) is 28.9 Å². The zero-order valence-corrected chi connectivity index (χ0v) is 21.7. The Morgan fingerprint density at radius 2 is 1.93 bits per heavy atom. The number of aromatic nitrogens is 3.